The van der Waals surface area contributed by atoms with E-state index in [1.165, 1.54) is 0 Å². The molecule has 1 aliphatic rings. The summed E-state index contributed by atoms with van der Waals surface area (Å²) in [4.78, 5) is 28.3. The number of carbonyl (C=O) groups excluding carboxylic acids is 1. The Kier molecular flexibility index (Phi) is 4.45. The van der Waals surface area contributed by atoms with E-state index in [9.17, 15) is 9.59 Å². The summed E-state index contributed by atoms with van der Waals surface area (Å²) < 4.78 is 10.3. The monoisotopic (exact) mass is 353 g/mol. The Hall–Kier alpha value is -3.06. The van der Waals surface area contributed by atoms with Gasteiger partial charge in [0.25, 0.3) is 0 Å². The average Bonchev–Trinajstić information content (AvgIpc) is 3.02. The molecule has 7 nitrogen and oxygen atoms in total. The van der Waals surface area contributed by atoms with Crippen molar-refractivity contribution in [1.82, 2.24) is 4.98 Å². The minimum absolute atomic E-state index is 0.116. The summed E-state index contributed by atoms with van der Waals surface area (Å²) in [5, 5.41) is 2.84. The summed E-state index contributed by atoms with van der Waals surface area (Å²) in [7, 11) is 0. The van der Waals surface area contributed by atoms with Crippen molar-refractivity contribution >= 4 is 28.4 Å². The molecule has 1 aromatic heterocycles. The van der Waals surface area contributed by atoms with Crippen molar-refractivity contribution in [2.75, 3.05) is 36.5 Å². The van der Waals surface area contributed by atoms with E-state index in [0.29, 0.717) is 16.8 Å². The minimum atomic E-state index is -0.510. The highest BCUT2D eigenvalue weighted by molar-refractivity contribution is 5.94. The number of hydrogen-bond donors (Lipinski definition) is 2. The number of H-pyrrole nitrogens is 1. The van der Waals surface area contributed by atoms with Crippen molar-refractivity contribution in [2.45, 2.75) is 6.42 Å². The van der Waals surface area contributed by atoms with E-state index in [-0.39, 0.29) is 12.3 Å². The van der Waals surface area contributed by atoms with Crippen LogP contribution in [0.25, 0.3) is 11.1 Å². The molecule has 0 spiro atoms. The second kappa shape index (κ2) is 7.05. The molecule has 1 fully saturated rings. The van der Waals surface area contributed by atoms with Crippen molar-refractivity contribution < 1.29 is 13.9 Å². The molecule has 1 saturated heterocycles. The van der Waals surface area contributed by atoms with Gasteiger partial charge in [0, 0.05) is 24.5 Å². The van der Waals surface area contributed by atoms with Gasteiger partial charge in [0.1, 0.15) is 0 Å². The molecular weight excluding hydrogens is 334 g/mol. The third-order valence-electron chi connectivity index (χ3n) is 4.38. The Labute approximate surface area is 149 Å². The number of nitrogens with one attached hydrogen (secondary N) is 2. The first kappa shape index (κ1) is 16.4. The minimum Gasteiger partial charge on any atom is -0.408 e. The number of ether oxygens (including phenoxy) is 1. The second-order valence-corrected chi connectivity index (χ2v) is 6.22. The quantitative estimate of drug-likeness (QED) is 0.750. The molecule has 0 aliphatic carbocycles. The zero-order valence-corrected chi connectivity index (χ0v) is 14.2. The standard InChI is InChI=1S/C19H19N3O4/c23-18(20-14-3-6-17-16(12-14)21-19(24)26-17)11-13-1-4-15(5-2-13)22-7-9-25-10-8-22/h1-6,12H,7-11H2,(H,20,23)(H,21,24). The van der Waals surface area contributed by atoms with Gasteiger partial charge < -0.3 is 19.4 Å². The summed E-state index contributed by atoms with van der Waals surface area (Å²) in [5.41, 5.74) is 3.72. The topological polar surface area (TPSA) is 87.6 Å². The lowest BCUT2D eigenvalue weighted by molar-refractivity contribution is -0.115. The number of benzene rings is 2. The number of oxazole rings is 1. The first-order valence-corrected chi connectivity index (χ1v) is 8.52. The first-order chi connectivity index (χ1) is 12.7. The largest absolute Gasteiger partial charge is 0.417 e. The number of anilines is 2. The van der Waals surface area contributed by atoms with Gasteiger partial charge in [0.2, 0.25) is 5.91 Å². The number of aromatic nitrogens is 1. The van der Waals surface area contributed by atoms with Gasteiger partial charge in [0.15, 0.2) is 5.58 Å². The maximum absolute atomic E-state index is 12.3. The van der Waals surface area contributed by atoms with Crippen molar-refractivity contribution in [3.8, 4) is 0 Å². The maximum Gasteiger partial charge on any atom is 0.417 e. The summed E-state index contributed by atoms with van der Waals surface area (Å²) in [6.07, 6.45) is 0.281. The van der Waals surface area contributed by atoms with E-state index >= 15 is 0 Å². The van der Waals surface area contributed by atoms with E-state index in [2.05, 4.69) is 15.2 Å². The molecule has 7 heteroatoms. The van der Waals surface area contributed by atoms with Crippen LogP contribution in [0.1, 0.15) is 5.56 Å². The third-order valence-corrected chi connectivity index (χ3v) is 4.38. The normalized spacial score (nSPS) is 14.5. The Morgan fingerprint density at radius 3 is 2.65 bits per heavy atom. The van der Waals surface area contributed by atoms with Crippen molar-refractivity contribution in [2.24, 2.45) is 0 Å². The van der Waals surface area contributed by atoms with Gasteiger partial charge in [-0.05, 0) is 35.9 Å². The molecule has 1 aliphatic heterocycles. The molecule has 1 amide bonds. The lowest BCUT2D eigenvalue weighted by Gasteiger charge is -2.28. The molecule has 0 radical (unpaired) electrons. The molecule has 0 unspecified atom stereocenters. The number of nitrogens with zero attached hydrogens (tertiary/aromatic N) is 1. The van der Waals surface area contributed by atoms with E-state index in [0.717, 1.165) is 37.6 Å². The van der Waals surface area contributed by atoms with Crippen LogP contribution in [0.2, 0.25) is 0 Å². The summed E-state index contributed by atoms with van der Waals surface area (Å²) in [6.45, 7) is 3.27. The number of aromatic amines is 1. The highest BCUT2D eigenvalue weighted by Crippen LogP contribution is 2.18. The highest BCUT2D eigenvalue weighted by Gasteiger charge is 2.12. The molecule has 2 heterocycles. The Balaban J connectivity index is 1.39. The molecule has 2 N–H and O–H groups in total. The van der Waals surface area contributed by atoms with E-state index < -0.39 is 5.76 Å². The van der Waals surface area contributed by atoms with Crippen LogP contribution in [-0.4, -0.2) is 37.2 Å². The van der Waals surface area contributed by atoms with Crippen LogP contribution in [0.4, 0.5) is 11.4 Å². The van der Waals surface area contributed by atoms with E-state index in [1.54, 1.807) is 18.2 Å². The lowest BCUT2D eigenvalue weighted by Crippen LogP contribution is -2.36. The summed E-state index contributed by atoms with van der Waals surface area (Å²) in [5.74, 6) is -0.627. The fraction of sp³-hybridized carbons (Fsp3) is 0.263. The van der Waals surface area contributed by atoms with E-state index in [4.69, 9.17) is 9.15 Å². The SMILES string of the molecule is O=C(Cc1ccc(N2CCOCC2)cc1)Nc1ccc2oc(=O)[nH]c2c1. The van der Waals surface area contributed by atoms with Crippen molar-refractivity contribution in [3.63, 3.8) is 0 Å². The zero-order valence-electron chi connectivity index (χ0n) is 14.2. The molecule has 0 saturated carbocycles. The average molecular weight is 353 g/mol. The number of fused-ring (bicyclic) bond motifs is 1. The van der Waals surface area contributed by atoms with Crippen molar-refractivity contribution in [1.29, 1.82) is 0 Å². The van der Waals surface area contributed by atoms with E-state index in [1.807, 2.05) is 24.3 Å². The molecule has 134 valence electrons. The Bertz CT molecular complexity index is 968. The number of carbonyl (C=O) groups is 1. The fourth-order valence-corrected chi connectivity index (χ4v) is 3.07. The van der Waals surface area contributed by atoms with Gasteiger partial charge in [-0.25, -0.2) is 4.79 Å². The van der Waals surface area contributed by atoms with Crippen LogP contribution in [0, 0.1) is 0 Å². The van der Waals surface area contributed by atoms with Crippen LogP contribution in [0.15, 0.2) is 51.7 Å². The van der Waals surface area contributed by atoms with Gasteiger partial charge >= 0.3 is 5.76 Å². The maximum atomic E-state index is 12.3. The molecule has 3 aromatic rings. The molecule has 0 atom stereocenters. The van der Waals surface area contributed by atoms with Gasteiger partial charge in [0.05, 0.1) is 25.2 Å². The molecule has 26 heavy (non-hydrogen) atoms. The van der Waals surface area contributed by atoms with Gasteiger partial charge in [-0.15, -0.1) is 0 Å². The van der Waals surface area contributed by atoms with Crippen LogP contribution in [-0.2, 0) is 16.0 Å². The second-order valence-electron chi connectivity index (χ2n) is 6.22. The number of morpholine rings is 1. The number of rotatable bonds is 4. The third kappa shape index (κ3) is 3.62. The number of hydrogen-bond acceptors (Lipinski definition) is 5. The van der Waals surface area contributed by atoms with Gasteiger partial charge in [-0.2, -0.15) is 0 Å². The van der Waals surface area contributed by atoms with Crippen LogP contribution in [0.3, 0.4) is 0 Å². The van der Waals surface area contributed by atoms with Crippen LogP contribution in [0.5, 0.6) is 0 Å². The predicted molar refractivity (Wildman–Crippen MR) is 98.6 cm³/mol. The molecule has 0 bridgehead atoms. The fourth-order valence-electron chi connectivity index (χ4n) is 3.07. The highest BCUT2D eigenvalue weighted by atomic mass is 16.5. The molecule has 2 aromatic carbocycles. The van der Waals surface area contributed by atoms with Gasteiger partial charge in [-0.1, -0.05) is 12.1 Å². The van der Waals surface area contributed by atoms with Crippen LogP contribution >= 0.6 is 0 Å². The van der Waals surface area contributed by atoms with Crippen molar-refractivity contribution in [3.05, 3.63) is 58.6 Å². The Morgan fingerprint density at radius 1 is 1.12 bits per heavy atom. The predicted octanol–water partition coefficient (Wildman–Crippen LogP) is 2.14. The Morgan fingerprint density at radius 2 is 1.88 bits per heavy atom. The van der Waals surface area contributed by atoms with Crippen LogP contribution < -0.4 is 16.0 Å². The number of amides is 1. The van der Waals surface area contributed by atoms with Gasteiger partial charge in [-0.3, -0.25) is 9.78 Å². The zero-order chi connectivity index (χ0) is 17.9. The summed E-state index contributed by atoms with van der Waals surface area (Å²) >= 11 is 0. The first-order valence-electron chi connectivity index (χ1n) is 8.52. The summed E-state index contributed by atoms with van der Waals surface area (Å²) in [6, 6.07) is 13.1. The molecule has 4 rings (SSSR count). The smallest absolute Gasteiger partial charge is 0.408 e. The lowest BCUT2D eigenvalue weighted by atomic mass is 10.1. The molecular formula is C19H19N3O4.